The molecule has 0 aromatic heterocycles. The molecular weight excluding hydrogens is 220 g/mol. The molecule has 1 N–H and O–H groups in total. The maximum absolute atomic E-state index is 3.28. The highest BCUT2D eigenvalue weighted by Crippen LogP contribution is 2.33. The molecule has 1 saturated heterocycles. The van der Waals surface area contributed by atoms with Crippen LogP contribution in [0.25, 0.3) is 0 Å². The second kappa shape index (κ2) is 5.31. The van der Waals surface area contributed by atoms with Crippen LogP contribution in [0.15, 0.2) is 18.2 Å². The second-order valence-electron chi connectivity index (χ2n) is 6.35. The summed E-state index contributed by atoms with van der Waals surface area (Å²) in [6.07, 6.45) is 2.65. The van der Waals surface area contributed by atoms with Crippen LogP contribution in [0, 0.1) is 12.3 Å². The molecule has 0 spiro atoms. The molecule has 0 radical (unpaired) electrons. The first-order valence-corrected chi connectivity index (χ1v) is 7.01. The fourth-order valence-electron chi connectivity index (χ4n) is 2.98. The lowest BCUT2D eigenvalue weighted by molar-refractivity contribution is 0.293. The normalized spacial score (nSPS) is 19.0. The van der Waals surface area contributed by atoms with Crippen LogP contribution in [-0.2, 0) is 6.54 Å². The van der Waals surface area contributed by atoms with Crippen molar-refractivity contribution in [2.45, 2.75) is 40.2 Å². The van der Waals surface area contributed by atoms with Gasteiger partial charge in [0.25, 0.3) is 0 Å². The number of benzene rings is 1. The third-order valence-corrected chi connectivity index (χ3v) is 3.84. The number of anilines is 1. The first kappa shape index (κ1) is 13.4. The maximum atomic E-state index is 3.28. The summed E-state index contributed by atoms with van der Waals surface area (Å²) in [6.45, 7) is 10.3. The first-order chi connectivity index (χ1) is 8.52. The molecule has 1 aliphatic rings. The minimum Gasteiger partial charge on any atom is -0.371 e. The number of piperidine rings is 1. The van der Waals surface area contributed by atoms with Gasteiger partial charge in [-0.3, -0.25) is 0 Å². The van der Waals surface area contributed by atoms with Gasteiger partial charge in [-0.25, -0.2) is 0 Å². The topological polar surface area (TPSA) is 15.3 Å². The quantitative estimate of drug-likeness (QED) is 0.880. The highest BCUT2D eigenvalue weighted by Gasteiger charge is 2.27. The number of hydrogen-bond donors (Lipinski definition) is 1. The molecule has 2 rings (SSSR count). The van der Waals surface area contributed by atoms with Crippen molar-refractivity contribution in [3.8, 4) is 0 Å². The molecule has 0 saturated carbocycles. The number of rotatable bonds is 3. The van der Waals surface area contributed by atoms with Crippen molar-refractivity contribution in [1.82, 2.24) is 5.32 Å². The van der Waals surface area contributed by atoms with Gasteiger partial charge in [0.05, 0.1) is 0 Å². The Bertz CT molecular complexity index is 410. The van der Waals surface area contributed by atoms with Crippen molar-refractivity contribution >= 4 is 5.69 Å². The Balaban J connectivity index is 2.26. The van der Waals surface area contributed by atoms with E-state index in [1.54, 1.807) is 0 Å². The second-order valence-corrected chi connectivity index (χ2v) is 6.35. The molecule has 100 valence electrons. The lowest BCUT2D eigenvalue weighted by Gasteiger charge is -2.40. The van der Waals surface area contributed by atoms with Crippen molar-refractivity contribution in [3.05, 3.63) is 29.3 Å². The molecule has 18 heavy (non-hydrogen) atoms. The van der Waals surface area contributed by atoms with Crippen molar-refractivity contribution in [1.29, 1.82) is 0 Å². The summed E-state index contributed by atoms with van der Waals surface area (Å²) in [5, 5.41) is 3.28. The molecule has 0 unspecified atom stereocenters. The summed E-state index contributed by atoms with van der Waals surface area (Å²) >= 11 is 0. The molecule has 2 heteroatoms. The van der Waals surface area contributed by atoms with Gasteiger partial charge in [-0.05, 0) is 43.9 Å². The average Bonchev–Trinajstić information content (AvgIpc) is 2.28. The van der Waals surface area contributed by atoms with E-state index in [9.17, 15) is 0 Å². The van der Waals surface area contributed by atoms with Gasteiger partial charge < -0.3 is 10.2 Å². The van der Waals surface area contributed by atoms with Crippen molar-refractivity contribution in [3.63, 3.8) is 0 Å². The minimum atomic E-state index is 0.444. The van der Waals surface area contributed by atoms with Gasteiger partial charge in [0.15, 0.2) is 0 Å². The van der Waals surface area contributed by atoms with E-state index >= 15 is 0 Å². The largest absolute Gasteiger partial charge is 0.371 e. The van der Waals surface area contributed by atoms with Crippen LogP contribution in [0.5, 0.6) is 0 Å². The SMILES string of the molecule is CNCc1cc(C)ccc1N1CCCC(C)(C)C1. The monoisotopic (exact) mass is 246 g/mol. The van der Waals surface area contributed by atoms with Gasteiger partial charge in [0.1, 0.15) is 0 Å². The van der Waals surface area contributed by atoms with Crippen LogP contribution in [-0.4, -0.2) is 20.1 Å². The Morgan fingerprint density at radius 1 is 1.33 bits per heavy atom. The molecule has 0 bridgehead atoms. The van der Waals surface area contributed by atoms with Crippen molar-refractivity contribution in [2.24, 2.45) is 5.41 Å². The van der Waals surface area contributed by atoms with Crippen LogP contribution in [0.3, 0.4) is 0 Å². The number of aryl methyl sites for hydroxylation is 1. The van der Waals surface area contributed by atoms with Gasteiger partial charge in [0, 0.05) is 25.3 Å². The van der Waals surface area contributed by atoms with E-state index in [2.05, 4.69) is 49.2 Å². The van der Waals surface area contributed by atoms with Gasteiger partial charge in [-0.15, -0.1) is 0 Å². The molecule has 1 aromatic carbocycles. The van der Waals surface area contributed by atoms with Crippen LogP contribution in [0.1, 0.15) is 37.8 Å². The first-order valence-electron chi connectivity index (χ1n) is 7.01. The lowest BCUT2D eigenvalue weighted by atomic mass is 9.84. The van der Waals surface area contributed by atoms with Crippen LogP contribution >= 0.6 is 0 Å². The zero-order valence-corrected chi connectivity index (χ0v) is 12.2. The lowest BCUT2D eigenvalue weighted by Crippen LogP contribution is -2.40. The summed E-state index contributed by atoms with van der Waals surface area (Å²) in [6, 6.07) is 6.84. The molecular formula is C16H26N2. The molecule has 2 nitrogen and oxygen atoms in total. The van der Waals surface area contributed by atoms with Crippen LogP contribution in [0.2, 0.25) is 0 Å². The Hall–Kier alpha value is -1.02. The predicted molar refractivity (Wildman–Crippen MR) is 79.2 cm³/mol. The van der Waals surface area contributed by atoms with E-state index in [0.717, 1.165) is 6.54 Å². The smallest absolute Gasteiger partial charge is 0.0412 e. The zero-order chi connectivity index (χ0) is 13.2. The molecule has 0 aliphatic carbocycles. The van der Waals surface area contributed by atoms with E-state index < -0.39 is 0 Å². The van der Waals surface area contributed by atoms with E-state index in [-0.39, 0.29) is 0 Å². The summed E-state index contributed by atoms with van der Waals surface area (Å²) in [7, 11) is 2.02. The van der Waals surface area contributed by atoms with Crippen LogP contribution in [0.4, 0.5) is 5.69 Å². The van der Waals surface area contributed by atoms with E-state index in [1.165, 1.54) is 42.7 Å². The summed E-state index contributed by atoms with van der Waals surface area (Å²) < 4.78 is 0. The molecule has 1 fully saturated rings. The Morgan fingerprint density at radius 3 is 2.78 bits per heavy atom. The standard InChI is InChI=1S/C16H26N2/c1-13-6-7-15(14(10-13)11-17-4)18-9-5-8-16(2,3)12-18/h6-7,10,17H,5,8-9,11-12H2,1-4H3. The van der Waals surface area contributed by atoms with Gasteiger partial charge in [-0.1, -0.05) is 31.5 Å². The summed E-state index contributed by atoms with van der Waals surface area (Å²) in [5.41, 5.74) is 4.64. The summed E-state index contributed by atoms with van der Waals surface area (Å²) in [5.74, 6) is 0. The number of nitrogens with zero attached hydrogens (tertiary/aromatic N) is 1. The zero-order valence-electron chi connectivity index (χ0n) is 12.2. The molecule has 1 aliphatic heterocycles. The Morgan fingerprint density at radius 2 is 2.11 bits per heavy atom. The molecule has 0 atom stereocenters. The number of hydrogen-bond acceptors (Lipinski definition) is 2. The molecule has 1 heterocycles. The third kappa shape index (κ3) is 3.05. The van der Waals surface area contributed by atoms with E-state index in [1.807, 2.05) is 7.05 Å². The minimum absolute atomic E-state index is 0.444. The fraction of sp³-hybridized carbons (Fsp3) is 0.625. The highest BCUT2D eigenvalue weighted by atomic mass is 15.1. The Kier molecular flexibility index (Phi) is 3.96. The van der Waals surface area contributed by atoms with Gasteiger partial charge >= 0.3 is 0 Å². The van der Waals surface area contributed by atoms with Crippen LogP contribution < -0.4 is 10.2 Å². The number of nitrogens with one attached hydrogen (secondary N) is 1. The molecule has 0 amide bonds. The summed E-state index contributed by atoms with van der Waals surface area (Å²) in [4.78, 5) is 2.57. The van der Waals surface area contributed by atoms with Gasteiger partial charge in [0.2, 0.25) is 0 Å². The predicted octanol–water partition coefficient (Wildman–Crippen LogP) is 3.34. The third-order valence-electron chi connectivity index (χ3n) is 3.84. The van der Waals surface area contributed by atoms with E-state index in [4.69, 9.17) is 0 Å². The Labute approximate surface area is 111 Å². The maximum Gasteiger partial charge on any atom is 0.0412 e. The van der Waals surface area contributed by atoms with Crippen molar-refractivity contribution < 1.29 is 0 Å². The van der Waals surface area contributed by atoms with Crippen molar-refractivity contribution in [2.75, 3.05) is 25.0 Å². The average molecular weight is 246 g/mol. The molecule has 1 aromatic rings. The highest BCUT2D eigenvalue weighted by molar-refractivity contribution is 5.55. The van der Waals surface area contributed by atoms with E-state index in [0.29, 0.717) is 5.41 Å². The van der Waals surface area contributed by atoms with Gasteiger partial charge in [-0.2, -0.15) is 0 Å². The fourth-order valence-corrected chi connectivity index (χ4v) is 2.98.